The molecule has 126 valence electrons. The summed E-state index contributed by atoms with van der Waals surface area (Å²) in [5, 5.41) is 17.7. The Hall–Kier alpha value is -0.200. The van der Waals surface area contributed by atoms with Crippen LogP contribution < -0.4 is 0 Å². The molecule has 2 rings (SSSR count). The molecule has 2 heterocycles. The average Bonchev–Trinajstić information content (AvgIpc) is 3.37. The number of unbranched alkanes of at least 4 members (excludes halogenated alkanes) is 4. The lowest BCUT2D eigenvalue weighted by Gasteiger charge is -2.06. The van der Waals surface area contributed by atoms with Gasteiger partial charge >= 0.3 is 0 Å². The maximum Gasteiger partial charge on any atom is 0.104 e. The van der Waals surface area contributed by atoms with Crippen LogP contribution in [0.3, 0.4) is 0 Å². The fraction of sp³-hybridized carbons (Fsp3) is 1.00. The molecule has 2 aliphatic rings. The number of aliphatic hydroxyl groups is 2. The summed E-state index contributed by atoms with van der Waals surface area (Å²) in [5.74, 6) is 0. The topological polar surface area (TPSA) is 74.8 Å². The summed E-state index contributed by atoms with van der Waals surface area (Å²) in [6.45, 7) is 5.59. The lowest BCUT2D eigenvalue weighted by Crippen LogP contribution is -2.06. The number of epoxide rings is 2. The van der Waals surface area contributed by atoms with Gasteiger partial charge in [0.2, 0.25) is 0 Å². The summed E-state index contributed by atoms with van der Waals surface area (Å²) in [4.78, 5) is 0. The molecule has 3 atom stereocenters. The minimum absolute atomic E-state index is 0.0946. The van der Waals surface area contributed by atoms with Crippen molar-refractivity contribution < 1.29 is 24.4 Å². The van der Waals surface area contributed by atoms with Crippen molar-refractivity contribution in [1.29, 1.82) is 0 Å². The molecule has 0 aromatic rings. The zero-order chi connectivity index (χ0) is 15.3. The fourth-order valence-corrected chi connectivity index (χ4v) is 1.89. The Morgan fingerprint density at radius 3 is 2.00 bits per heavy atom. The SMILES string of the molecule is C(OCC1CO1)C1CO1.CCC(O)CCCCCCCO. The first-order valence-corrected chi connectivity index (χ1v) is 8.36. The third-order valence-corrected chi connectivity index (χ3v) is 3.58. The van der Waals surface area contributed by atoms with Crippen LogP contribution in [0.2, 0.25) is 0 Å². The Morgan fingerprint density at radius 2 is 1.52 bits per heavy atom. The van der Waals surface area contributed by atoms with Crippen LogP contribution in [0.5, 0.6) is 0 Å². The van der Waals surface area contributed by atoms with E-state index in [0.29, 0.717) is 18.8 Å². The number of rotatable bonds is 12. The van der Waals surface area contributed by atoms with Crippen LogP contribution in [0.1, 0.15) is 51.9 Å². The second-order valence-electron chi connectivity index (χ2n) is 5.79. The molecular weight excluding hydrogens is 272 g/mol. The summed E-state index contributed by atoms with van der Waals surface area (Å²) in [5.41, 5.74) is 0. The lowest BCUT2D eigenvalue weighted by molar-refractivity contribution is 0.102. The van der Waals surface area contributed by atoms with Gasteiger partial charge in [0.05, 0.1) is 32.5 Å². The zero-order valence-corrected chi connectivity index (χ0v) is 13.3. The first kappa shape index (κ1) is 18.8. The second kappa shape index (κ2) is 12.4. The van der Waals surface area contributed by atoms with Crippen molar-refractivity contribution in [2.45, 2.75) is 70.2 Å². The highest BCUT2D eigenvalue weighted by atomic mass is 16.6. The van der Waals surface area contributed by atoms with Crippen LogP contribution in [-0.2, 0) is 14.2 Å². The Morgan fingerprint density at radius 1 is 1.00 bits per heavy atom. The van der Waals surface area contributed by atoms with Crippen LogP contribution in [0, 0.1) is 0 Å². The van der Waals surface area contributed by atoms with Crippen molar-refractivity contribution in [3.8, 4) is 0 Å². The summed E-state index contributed by atoms with van der Waals surface area (Å²) in [6, 6.07) is 0. The first-order chi connectivity index (χ1) is 10.3. The predicted octanol–water partition coefficient (Wildman–Crippen LogP) is 1.89. The molecule has 5 heteroatoms. The largest absolute Gasteiger partial charge is 0.396 e. The van der Waals surface area contributed by atoms with Gasteiger partial charge in [-0.05, 0) is 19.3 Å². The quantitative estimate of drug-likeness (QED) is 0.425. The van der Waals surface area contributed by atoms with E-state index >= 15 is 0 Å². The fourth-order valence-electron chi connectivity index (χ4n) is 1.89. The van der Waals surface area contributed by atoms with Crippen LogP contribution in [0.4, 0.5) is 0 Å². The van der Waals surface area contributed by atoms with Crippen LogP contribution in [-0.4, -0.2) is 61.6 Å². The number of hydrogen-bond donors (Lipinski definition) is 2. The molecule has 0 radical (unpaired) electrons. The van der Waals surface area contributed by atoms with Gasteiger partial charge in [-0.25, -0.2) is 0 Å². The van der Waals surface area contributed by atoms with E-state index in [2.05, 4.69) is 0 Å². The molecule has 0 bridgehead atoms. The van der Waals surface area contributed by atoms with Crippen LogP contribution >= 0.6 is 0 Å². The number of aliphatic hydroxyl groups excluding tert-OH is 2. The number of ether oxygens (including phenoxy) is 3. The third kappa shape index (κ3) is 13.2. The maximum absolute atomic E-state index is 9.22. The van der Waals surface area contributed by atoms with E-state index in [4.69, 9.17) is 19.3 Å². The molecule has 21 heavy (non-hydrogen) atoms. The standard InChI is InChI=1S/C10H22O2.C6H10O3/c1-2-10(12)8-6-4-3-5-7-9-11;1(5-3-8-5)7-2-6-4-9-6/h10-12H,2-9H2,1H3;5-6H,1-4H2. The zero-order valence-electron chi connectivity index (χ0n) is 13.3. The molecule has 0 amide bonds. The van der Waals surface area contributed by atoms with Gasteiger partial charge in [-0.15, -0.1) is 0 Å². The highest BCUT2D eigenvalue weighted by Crippen LogP contribution is 2.12. The normalized spacial score (nSPS) is 24.1. The van der Waals surface area contributed by atoms with E-state index in [9.17, 15) is 5.11 Å². The Labute approximate surface area is 128 Å². The molecule has 0 aromatic heterocycles. The molecule has 5 nitrogen and oxygen atoms in total. The monoisotopic (exact) mass is 304 g/mol. The van der Waals surface area contributed by atoms with Gasteiger partial charge in [0.15, 0.2) is 0 Å². The Balaban J connectivity index is 0.000000216. The molecule has 2 fully saturated rings. The molecule has 0 aromatic carbocycles. The van der Waals surface area contributed by atoms with Gasteiger partial charge in [0.25, 0.3) is 0 Å². The average molecular weight is 304 g/mol. The van der Waals surface area contributed by atoms with Crippen molar-refractivity contribution in [3.63, 3.8) is 0 Å². The van der Waals surface area contributed by atoms with Gasteiger partial charge in [0.1, 0.15) is 12.2 Å². The van der Waals surface area contributed by atoms with Crippen molar-refractivity contribution in [3.05, 3.63) is 0 Å². The van der Waals surface area contributed by atoms with Crippen LogP contribution in [0.25, 0.3) is 0 Å². The minimum Gasteiger partial charge on any atom is -0.396 e. The van der Waals surface area contributed by atoms with E-state index in [1.54, 1.807) is 0 Å². The Kier molecular flexibility index (Phi) is 11.1. The first-order valence-electron chi connectivity index (χ1n) is 8.36. The van der Waals surface area contributed by atoms with Gasteiger partial charge in [-0.3, -0.25) is 0 Å². The van der Waals surface area contributed by atoms with Crippen LogP contribution in [0.15, 0.2) is 0 Å². The molecule has 2 saturated heterocycles. The van der Waals surface area contributed by atoms with E-state index < -0.39 is 0 Å². The van der Waals surface area contributed by atoms with Gasteiger partial charge in [0, 0.05) is 6.61 Å². The molecule has 0 aliphatic carbocycles. The summed E-state index contributed by atoms with van der Waals surface area (Å²) < 4.78 is 15.1. The second-order valence-corrected chi connectivity index (χ2v) is 5.79. The van der Waals surface area contributed by atoms with E-state index in [0.717, 1.165) is 58.5 Å². The molecule has 0 spiro atoms. The van der Waals surface area contributed by atoms with Gasteiger partial charge < -0.3 is 24.4 Å². The molecule has 3 unspecified atom stereocenters. The highest BCUT2D eigenvalue weighted by molar-refractivity contribution is 4.71. The molecule has 2 aliphatic heterocycles. The Bertz CT molecular complexity index is 217. The predicted molar refractivity (Wildman–Crippen MR) is 81.4 cm³/mol. The van der Waals surface area contributed by atoms with Gasteiger partial charge in [-0.2, -0.15) is 0 Å². The summed E-state index contributed by atoms with van der Waals surface area (Å²) in [6.07, 6.45) is 8.06. The van der Waals surface area contributed by atoms with E-state index in [1.165, 1.54) is 12.8 Å². The molecular formula is C16H32O5. The summed E-state index contributed by atoms with van der Waals surface area (Å²) in [7, 11) is 0. The van der Waals surface area contributed by atoms with Crippen molar-refractivity contribution >= 4 is 0 Å². The molecule has 2 N–H and O–H groups in total. The van der Waals surface area contributed by atoms with E-state index in [-0.39, 0.29) is 6.10 Å². The van der Waals surface area contributed by atoms with Crippen molar-refractivity contribution in [2.24, 2.45) is 0 Å². The lowest BCUT2D eigenvalue weighted by atomic mass is 10.1. The number of hydrogen-bond acceptors (Lipinski definition) is 5. The van der Waals surface area contributed by atoms with Crippen molar-refractivity contribution in [2.75, 3.05) is 33.0 Å². The van der Waals surface area contributed by atoms with E-state index in [1.807, 2.05) is 6.92 Å². The highest BCUT2D eigenvalue weighted by Gasteiger charge is 2.26. The smallest absolute Gasteiger partial charge is 0.104 e. The minimum atomic E-state index is -0.0946. The maximum atomic E-state index is 9.22. The van der Waals surface area contributed by atoms with Gasteiger partial charge in [-0.1, -0.05) is 32.6 Å². The van der Waals surface area contributed by atoms with Crippen molar-refractivity contribution in [1.82, 2.24) is 0 Å². The third-order valence-electron chi connectivity index (χ3n) is 3.58. The molecule has 0 saturated carbocycles. The summed E-state index contributed by atoms with van der Waals surface area (Å²) >= 11 is 0.